The molecule has 0 aliphatic heterocycles. The molecule has 1 aliphatic rings. The van der Waals surface area contributed by atoms with Gasteiger partial charge in [0, 0.05) is 0 Å². The molecule has 0 radical (unpaired) electrons. The Morgan fingerprint density at radius 3 is 2.40 bits per heavy atom. The Hall–Kier alpha value is -0.780. The first kappa shape index (κ1) is 17.3. The Bertz CT molecular complexity index is 355. The zero-order chi connectivity index (χ0) is 15.6. The first-order valence-electron chi connectivity index (χ1n) is 6.99. The molecule has 0 bridgehead atoms. The van der Waals surface area contributed by atoms with Gasteiger partial charge in [-0.3, -0.25) is 10.1 Å². The van der Waals surface area contributed by atoms with E-state index in [2.05, 4.69) is 5.32 Å². The summed E-state index contributed by atoms with van der Waals surface area (Å²) >= 11 is 0. The maximum atomic E-state index is 12.5. The number of alkyl halides is 3. The summed E-state index contributed by atoms with van der Waals surface area (Å²) in [6.45, 7) is 6.58. The zero-order valence-electron chi connectivity index (χ0n) is 12.6. The quantitative estimate of drug-likeness (QED) is 0.809. The van der Waals surface area contributed by atoms with E-state index in [4.69, 9.17) is 4.74 Å². The Kier molecular flexibility index (Phi) is 5.11. The van der Waals surface area contributed by atoms with Gasteiger partial charge in [0.15, 0.2) is 0 Å². The minimum absolute atomic E-state index is 0.170. The second-order valence-corrected chi connectivity index (χ2v) is 6.63. The van der Waals surface area contributed by atoms with Gasteiger partial charge in [0.1, 0.15) is 5.54 Å². The summed E-state index contributed by atoms with van der Waals surface area (Å²) < 4.78 is 42.5. The average Bonchev–Trinajstić information content (AvgIpc) is 2.23. The zero-order valence-corrected chi connectivity index (χ0v) is 12.6. The molecule has 0 saturated heterocycles. The Labute approximate surface area is 118 Å². The topological polar surface area (TPSA) is 38.3 Å². The predicted molar refractivity (Wildman–Crippen MR) is 70.2 cm³/mol. The minimum atomic E-state index is -4.34. The Balaban J connectivity index is 2.97. The fraction of sp³-hybridized carbons (Fsp3) is 0.929. The monoisotopic (exact) mass is 295 g/mol. The lowest BCUT2D eigenvalue weighted by atomic mass is 9.64. The summed E-state index contributed by atoms with van der Waals surface area (Å²) in [6.07, 6.45) is -2.71. The molecule has 6 heteroatoms. The lowest BCUT2D eigenvalue weighted by Crippen LogP contribution is -2.60. The van der Waals surface area contributed by atoms with Crippen LogP contribution in [0.2, 0.25) is 0 Å². The summed E-state index contributed by atoms with van der Waals surface area (Å²) in [6, 6.07) is 0. The number of nitrogens with one attached hydrogen (secondary N) is 1. The molecule has 1 fully saturated rings. The first-order valence-corrected chi connectivity index (χ1v) is 6.99. The van der Waals surface area contributed by atoms with E-state index in [-0.39, 0.29) is 17.9 Å². The summed E-state index contributed by atoms with van der Waals surface area (Å²) in [5.41, 5.74) is -1.42. The van der Waals surface area contributed by atoms with Gasteiger partial charge in [-0.05, 0) is 37.5 Å². The highest BCUT2D eigenvalue weighted by Gasteiger charge is 2.50. The maximum absolute atomic E-state index is 12.5. The largest absolute Gasteiger partial charge is 0.465 e. The molecule has 1 rings (SSSR count). The molecule has 1 saturated carbocycles. The lowest BCUT2D eigenvalue weighted by molar-refractivity contribution is -0.161. The molecule has 3 nitrogen and oxygen atoms in total. The van der Waals surface area contributed by atoms with E-state index in [1.54, 1.807) is 6.92 Å². The van der Waals surface area contributed by atoms with Gasteiger partial charge < -0.3 is 4.74 Å². The third kappa shape index (κ3) is 4.65. The van der Waals surface area contributed by atoms with E-state index in [0.29, 0.717) is 12.8 Å². The molecule has 0 aromatic heterocycles. The molecule has 1 N–H and O–H groups in total. The van der Waals surface area contributed by atoms with E-state index in [9.17, 15) is 18.0 Å². The number of carbonyl (C=O) groups is 1. The van der Waals surface area contributed by atoms with E-state index < -0.39 is 24.2 Å². The van der Waals surface area contributed by atoms with E-state index >= 15 is 0 Å². The molecule has 0 spiro atoms. The smallest absolute Gasteiger partial charge is 0.401 e. The number of esters is 1. The number of hydrogen-bond acceptors (Lipinski definition) is 3. The molecular formula is C14H24F3NO2. The lowest BCUT2D eigenvalue weighted by Gasteiger charge is -2.46. The molecule has 2 atom stereocenters. The van der Waals surface area contributed by atoms with Crippen LogP contribution < -0.4 is 5.32 Å². The van der Waals surface area contributed by atoms with Crippen LogP contribution in [-0.4, -0.2) is 30.8 Å². The van der Waals surface area contributed by atoms with Crippen LogP contribution in [0.1, 0.15) is 47.0 Å². The third-order valence-corrected chi connectivity index (χ3v) is 3.67. The minimum Gasteiger partial charge on any atom is -0.465 e. The maximum Gasteiger partial charge on any atom is 0.401 e. The predicted octanol–water partition coefficient (Wildman–Crippen LogP) is 3.29. The van der Waals surface area contributed by atoms with Gasteiger partial charge in [0.05, 0.1) is 13.2 Å². The van der Waals surface area contributed by atoms with Crippen molar-refractivity contribution in [3.05, 3.63) is 0 Å². The first-order chi connectivity index (χ1) is 9.00. The molecular weight excluding hydrogens is 271 g/mol. The molecule has 0 aromatic carbocycles. The summed E-state index contributed by atoms with van der Waals surface area (Å²) in [5, 5.41) is 2.45. The fourth-order valence-corrected chi connectivity index (χ4v) is 3.47. The number of hydrogen-bond donors (Lipinski definition) is 1. The van der Waals surface area contributed by atoms with E-state index in [0.717, 1.165) is 6.42 Å². The van der Waals surface area contributed by atoms with Crippen LogP contribution in [0.4, 0.5) is 13.2 Å². The third-order valence-electron chi connectivity index (χ3n) is 3.67. The van der Waals surface area contributed by atoms with Crippen molar-refractivity contribution in [2.24, 2.45) is 11.3 Å². The van der Waals surface area contributed by atoms with Crippen molar-refractivity contribution in [2.75, 3.05) is 13.2 Å². The highest BCUT2D eigenvalue weighted by Crippen LogP contribution is 2.44. The van der Waals surface area contributed by atoms with Gasteiger partial charge in [-0.2, -0.15) is 13.2 Å². The van der Waals surface area contributed by atoms with Crippen molar-refractivity contribution in [3.8, 4) is 0 Å². The van der Waals surface area contributed by atoms with Crippen LogP contribution in [-0.2, 0) is 9.53 Å². The molecule has 1 aliphatic carbocycles. The van der Waals surface area contributed by atoms with Gasteiger partial charge in [0.2, 0.25) is 0 Å². The summed E-state index contributed by atoms with van der Waals surface area (Å²) in [5.74, 6) is -0.396. The number of rotatable bonds is 4. The summed E-state index contributed by atoms with van der Waals surface area (Å²) in [7, 11) is 0. The molecule has 0 amide bonds. The normalized spacial score (nSPS) is 30.1. The van der Waals surface area contributed by atoms with Gasteiger partial charge >= 0.3 is 12.1 Å². The number of halogens is 3. The van der Waals surface area contributed by atoms with Crippen LogP contribution in [0.15, 0.2) is 0 Å². The Morgan fingerprint density at radius 1 is 1.35 bits per heavy atom. The van der Waals surface area contributed by atoms with Crippen molar-refractivity contribution < 1.29 is 22.7 Å². The van der Waals surface area contributed by atoms with Crippen LogP contribution >= 0.6 is 0 Å². The van der Waals surface area contributed by atoms with E-state index in [1.165, 1.54) is 0 Å². The van der Waals surface area contributed by atoms with Crippen LogP contribution in [0.5, 0.6) is 0 Å². The number of carbonyl (C=O) groups excluding carboxylic acids is 1. The summed E-state index contributed by atoms with van der Waals surface area (Å²) in [4.78, 5) is 12.2. The second kappa shape index (κ2) is 5.92. The SMILES string of the molecule is CCOC(=O)C1(NCC(F)(F)F)CC(C)CC(C)(C)C1. The van der Waals surface area contributed by atoms with Crippen LogP contribution in [0.25, 0.3) is 0 Å². The molecule has 2 unspecified atom stereocenters. The second-order valence-electron chi connectivity index (χ2n) is 6.63. The van der Waals surface area contributed by atoms with E-state index in [1.807, 2.05) is 20.8 Å². The van der Waals surface area contributed by atoms with Crippen molar-refractivity contribution in [1.82, 2.24) is 5.32 Å². The van der Waals surface area contributed by atoms with Crippen LogP contribution in [0.3, 0.4) is 0 Å². The van der Waals surface area contributed by atoms with Gasteiger partial charge in [-0.1, -0.05) is 20.8 Å². The molecule has 20 heavy (non-hydrogen) atoms. The van der Waals surface area contributed by atoms with Crippen molar-refractivity contribution >= 4 is 5.97 Å². The molecule has 0 heterocycles. The fourth-order valence-electron chi connectivity index (χ4n) is 3.47. The number of ether oxygens (including phenoxy) is 1. The van der Waals surface area contributed by atoms with Crippen molar-refractivity contribution in [2.45, 2.75) is 58.7 Å². The molecule has 118 valence electrons. The van der Waals surface area contributed by atoms with Gasteiger partial charge in [0.25, 0.3) is 0 Å². The van der Waals surface area contributed by atoms with Crippen molar-refractivity contribution in [3.63, 3.8) is 0 Å². The average molecular weight is 295 g/mol. The Morgan fingerprint density at radius 2 is 1.95 bits per heavy atom. The van der Waals surface area contributed by atoms with Gasteiger partial charge in [-0.15, -0.1) is 0 Å². The highest BCUT2D eigenvalue weighted by molar-refractivity contribution is 5.81. The highest BCUT2D eigenvalue weighted by atomic mass is 19.4. The van der Waals surface area contributed by atoms with Gasteiger partial charge in [-0.25, -0.2) is 0 Å². The van der Waals surface area contributed by atoms with Crippen LogP contribution in [0, 0.1) is 11.3 Å². The molecule has 0 aromatic rings. The standard InChI is InChI=1S/C14H24F3NO2/c1-5-20-11(19)13(18-9-14(15,16)17)7-10(2)6-12(3,4)8-13/h10,18H,5-9H2,1-4H3. The van der Waals surface area contributed by atoms with Crippen molar-refractivity contribution in [1.29, 1.82) is 0 Å².